The molecule has 2 N–H and O–H groups in total. The average molecular weight is 327 g/mol. The summed E-state index contributed by atoms with van der Waals surface area (Å²) in [6, 6.07) is 12.3. The van der Waals surface area contributed by atoms with Crippen LogP contribution >= 0.6 is 12.6 Å². The number of nitrogen functional groups attached to an aromatic ring is 1. The Morgan fingerprint density at radius 1 is 1.09 bits per heavy atom. The Morgan fingerprint density at radius 3 is 2.30 bits per heavy atom. The number of carbonyl (C=O) groups excluding carboxylic acids is 2. The third kappa shape index (κ3) is 4.23. The van der Waals surface area contributed by atoms with E-state index in [1.807, 2.05) is 18.2 Å². The lowest BCUT2D eigenvalue weighted by Gasteiger charge is -2.14. The van der Waals surface area contributed by atoms with Gasteiger partial charge in [-0.2, -0.15) is 0 Å². The molecule has 0 aliphatic rings. The quantitative estimate of drug-likeness (QED) is 0.476. The number of hydrogen-bond donors (Lipinski definition) is 2. The van der Waals surface area contributed by atoms with Gasteiger partial charge < -0.3 is 5.73 Å². The molecule has 0 spiro atoms. The van der Waals surface area contributed by atoms with Gasteiger partial charge in [0.15, 0.2) is 5.78 Å². The highest BCUT2D eigenvalue weighted by molar-refractivity contribution is 7.97. The van der Waals surface area contributed by atoms with Gasteiger partial charge in [-0.1, -0.05) is 44.2 Å². The minimum atomic E-state index is -0.346. The molecule has 0 heterocycles. The Bertz CT molecular complexity index is 724. The molecule has 0 radical (unpaired) electrons. The van der Waals surface area contributed by atoms with Gasteiger partial charge in [0.25, 0.3) is 0 Å². The van der Waals surface area contributed by atoms with Crippen molar-refractivity contribution in [1.29, 1.82) is 0 Å². The molecular weight excluding hydrogens is 306 g/mol. The number of carbonyl (C=O) groups is 2. The number of rotatable bonds is 6. The van der Waals surface area contributed by atoms with Crippen LogP contribution in [0.1, 0.15) is 52.1 Å². The van der Waals surface area contributed by atoms with Crippen molar-refractivity contribution in [3.8, 4) is 0 Å². The predicted molar refractivity (Wildman–Crippen MR) is 97.2 cm³/mol. The van der Waals surface area contributed by atoms with E-state index in [0.717, 1.165) is 12.0 Å². The van der Waals surface area contributed by atoms with Gasteiger partial charge in [-0.15, -0.1) is 12.6 Å². The molecule has 0 aliphatic heterocycles. The first kappa shape index (κ1) is 17.3. The molecule has 4 heteroatoms. The molecule has 23 heavy (non-hydrogen) atoms. The first-order valence-corrected chi connectivity index (χ1v) is 8.10. The van der Waals surface area contributed by atoms with Crippen molar-refractivity contribution in [2.45, 2.75) is 26.7 Å². The lowest BCUT2D eigenvalue weighted by molar-refractivity contribution is 0.103. The van der Waals surface area contributed by atoms with Gasteiger partial charge in [0.05, 0.1) is 0 Å². The van der Waals surface area contributed by atoms with E-state index in [1.165, 1.54) is 6.07 Å². The second-order valence-corrected chi connectivity index (χ2v) is 6.44. The second-order valence-electron chi connectivity index (χ2n) is 6.03. The van der Waals surface area contributed by atoms with E-state index in [-0.39, 0.29) is 10.9 Å². The van der Waals surface area contributed by atoms with Crippen molar-refractivity contribution >= 4 is 29.2 Å². The minimum absolute atomic E-state index is 0.111. The minimum Gasteiger partial charge on any atom is -0.398 e. The SMILES string of the molecule is CC(C)CCc1cc(C(=O)S)cc(N)c1C(=O)c1ccccc1. The summed E-state index contributed by atoms with van der Waals surface area (Å²) in [5.74, 6) is 0.381. The smallest absolute Gasteiger partial charge is 0.216 e. The molecule has 2 aromatic rings. The van der Waals surface area contributed by atoms with Crippen LogP contribution in [0, 0.1) is 5.92 Å². The van der Waals surface area contributed by atoms with Gasteiger partial charge in [-0.25, -0.2) is 0 Å². The van der Waals surface area contributed by atoms with Gasteiger partial charge in [0.1, 0.15) is 0 Å². The Balaban J connectivity index is 2.51. The molecule has 120 valence electrons. The number of aryl methyl sites for hydroxylation is 1. The zero-order chi connectivity index (χ0) is 17.0. The fourth-order valence-electron chi connectivity index (χ4n) is 2.50. The van der Waals surface area contributed by atoms with Crippen LogP contribution in [-0.4, -0.2) is 10.9 Å². The lowest BCUT2D eigenvalue weighted by Crippen LogP contribution is -2.11. The highest BCUT2D eigenvalue weighted by Gasteiger charge is 2.19. The van der Waals surface area contributed by atoms with Gasteiger partial charge in [-0.3, -0.25) is 9.59 Å². The van der Waals surface area contributed by atoms with Gasteiger partial charge >= 0.3 is 0 Å². The van der Waals surface area contributed by atoms with Crippen LogP contribution in [0.3, 0.4) is 0 Å². The Kier molecular flexibility index (Phi) is 5.61. The largest absolute Gasteiger partial charge is 0.398 e. The number of hydrogen-bond acceptors (Lipinski definition) is 3. The van der Waals surface area contributed by atoms with Crippen LogP contribution in [0.25, 0.3) is 0 Å². The zero-order valence-corrected chi connectivity index (χ0v) is 14.3. The normalized spacial score (nSPS) is 10.8. The van der Waals surface area contributed by atoms with Crippen LogP contribution < -0.4 is 5.73 Å². The fourth-order valence-corrected chi connectivity index (χ4v) is 2.63. The first-order chi connectivity index (χ1) is 10.9. The van der Waals surface area contributed by atoms with E-state index in [9.17, 15) is 9.59 Å². The molecule has 0 saturated heterocycles. The number of thiol groups is 1. The molecule has 0 aromatic heterocycles. The maximum Gasteiger partial charge on any atom is 0.216 e. The number of anilines is 1. The summed E-state index contributed by atoms with van der Waals surface area (Å²) in [6.45, 7) is 4.24. The van der Waals surface area contributed by atoms with Crippen molar-refractivity contribution < 1.29 is 9.59 Å². The highest BCUT2D eigenvalue weighted by Crippen LogP contribution is 2.26. The maximum absolute atomic E-state index is 12.8. The average Bonchev–Trinajstić information content (AvgIpc) is 2.52. The molecule has 0 atom stereocenters. The highest BCUT2D eigenvalue weighted by atomic mass is 32.1. The molecule has 0 bridgehead atoms. The van der Waals surface area contributed by atoms with E-state index in [0.29, 0.717) is 34.7 Å². The van der Waals surface area contributed by atoms with Crippen molar-refractivity contribution in [3.63, 3.8) is 0 Å². The van der Waals surface area contributed by atoms with E-state index in [4.69, 9.17) is 5.73 Å². The summed E-state index contributed by atoms with van der Waals surface area (Å²) in [5.41, 5.74) is 8.75. The number of ketones is 1. The molecule has 0 aliphatic carbocycles. The Labute approximate surface area is 142 Å². The monoisotopic (exact) mass is 327 g/mol. The number of nitrogens with two attached hydrogens (primary N) is 1. The topological polar surface area (TPSA) is 60.2 Å². The zero-order valence-electron chi connectivity index (χ0n) is 13.4. The summed E-state index contributed by atoms with van der Waals surface area (Å²) in [7, 11) is 0. The lowest BCUT2D eigenvalue weighted by atomic mass is 9.91. The summed E-state index contributed by atoms with van der Waals surface area (Å²) in [4.78, 5) is 24.4. The van der Waals surface area contributed by atoms with Gasteiger partial charge in [0, 0.05) is 22.4 Å². The van der Waals surface area contributed by atoms with Crippen LogP contribution in [0.4, 0.5) is 5.69 Å². The summed E-state index contributed by atoms with van der Waals surface area (Å²) < 4.78 is 0. The van der Waals surface area contributed by atoms with Crippen molar-refractivity contribution in [2.24, 2.45) is 5.92 Å². The van der Waals surface area contributed by atoms with Crippen LogP contribution in [-0.2, 0) is 6.42 Å². The Morgan fingerprint density at radius 2 is 1.74 bits per heavy atom. The van der Waals surface area contributed by atoms with E-state index < -0.39 is 0 Å². The molecule has 0 amide bonds. The second kappa shape index (κ2) is 7.47. The van der Waals surface area contributed by atoms with E-state index in [2.05, 4.69) is 26.5 Å². The molecular formula is C19H21NO2S. The van der Waals surface area contributed by atoms with Crippen LogP contribution in [0.5, 0.6) is 0 Å². The Hall–Kier alpha value is -2.07. The molecule has 0 saturated carbocycles. The summed E-state index contributed by atoms with van der Waals surface area (Å²) in [5, 5.41) is -0.346. The predicted octanol–water partition coefficient (Wildman–Crippen LogP) is 4.16. The van der Waals surface area contributed by atoms with Crippen molar-refractivity contribution in [1.82, 2.24) is 0 Å². The van der Waals surface area contributed by atoms with E-state index in [1.54, 1.807) is 18.2 Å². The molecule has 0 fully saturated rings. The van der Waals surface area contributed by atoms with Crippen molar-refractivity contribution in [2.75, 3.05) is 5.73 Å². The first-order valence-electron chi connectivity index (χ1n) is 7.65. The summed E-state index contributed by atoms with van der Waals surface area (Å²) >= 11 is 3.87. The third-order valence-corrected chi connectivity index (χ3v) is 4.01. The number of benzene rings is 2. The third-order valence-electron chi connectivity index (χ3n) is 3.75. The van der Waals surface area contributed by atoms with Gasteiger partial charge in [-0.05, 0) is 36.5 Å². The molecule has 3 nitrogen and oxygen atoms in total. The molecule has 2 rings (SSSR count). The molecule has 2 aromatic carbocycles. The molecule has 0 unspecified atom stereocenters. The standard InChI is InChI=1S/C19H21NO2S/c1-12(2)8-9-14-10-15(19(22)23)11-16(20)17(14)18(21)13-6-4-3-5-7-13/h3-7,10-12H,8-9,20H2,1-2H3,(H,22,23). The van der Waals surface area contributed by atoms with Crippen LogP contribution in [0.2, 0.25) is 0 Å². The van der Waals surface area contributed by atoms with E-state index >= 15 is 0 Å². The van der Waals surface area contributed by atoms with Gasteiger partial charge in [0.2, 0.25) is 5.12 Å². The van der Waals surface area contributed by atoms with Crippen molar-refractivity contribution in [3.05, 3.63) is 64.7 Å². The fraction of sp³-hybridized carbons (Fsp3) is 0.263. The van der Waals surface area contributed by atoms with Crippen LogP contribution in [0.15, 0.2) is 42.5 Å². The summed E-state index contributed by atoms with van der Waals surface area (Å²) in [6.07, 6.45) is 1.61. The maximum atomic E-state index is 12.8.